The third-order valence-electron chi connectivity index (χ3n) is 5.56. The fourth-order valence-electron chi connectivity index (χ4n) is 3.50. The molecule has 2 nitrogen and oxygen atoms in total. The summed E-state index contributed by atoms with van der Waals surface area (Å²) < 4.78 is 0. The van der Waals surface area contributed by atoms with Crippen molar-refractivity contribution in [3.63, 3.8) is 0 Å². The average Bonchev–Trinajstić information content (AvgIpc) is 2.38. The molecule has 106 valence electrons. The summed E-state index contributed by atoms with van der Waals surface area (Å²) in [6, 6.07) is 8.87. The van der Waals surface area contributed by atoms with E-state index in [1.807, 2.05) is 0 Å². The molecule has 1 aromatic carbocycles. The Hall–Kier alpha value is -0.860. The molecule has 0 saturated heterocycles. The third-order valence-corrected chi connectivity index (χ3v) is 5.56. The van der Waals surface area contributed by atoms with Gasteiger partial charge in [0.05, 0.1) is 5.66 Å². The lowest BCUT2D eigenvalue weighted by molar-refractivity contribution is -0.0892. The SMILES string of the molecule is CN1C(C)(C)c2ccccc2C(C)(C)N(C)C1(C)C. The van der Waals surface area contributed by atoms with Crippen molar-refractivity contribution in [3.05, 3.63) is 35.4 Å². The van der Waals surface area contributed by atoms with Gasteiger partial charge in [-0.15, -0.1) is 0 Å². The zero-order valence-corrected chi connectivity index (χ0v) is 13.7. The summed E-state index contributed by atoms with van der Waals surface area (Å²) >= 11 is 0. The molecule has 1 aliphatic heterocycles. The van der Waals surface area contributed by atoms with Crippen LogP contribution in [0.1, 0.15) is 52.7 Å². The highest BCUT2D eigenvalue weighted by Gasteiger charge is 2.48. The normalized spacial score (nSPS) is 25.7. The van der Waals surface area contributed by atoms with Gasteiger partial charge < -0.3 is 0 Å². The van der Waals surface area contributed by atoms with Crippen LogP contribution >= 0.6 is 0 Å². The fraction of sp³-hybridized carbons (Fsp3) is 0.647. The van der Waals surface area contributed by atoms with Gasteiger partial charge in [0, 0.05) is 11.1 Å². The Kier molecular flexibility index (Phi) is 3.11. The number of nitrogens with zero attached hydrogens (tertiary/aromatic N) is 2. The molecule has 0 N–H and O–H groups in total. The van der Waals surface area contributed by atoms with Gasteiger partial charge >= 0.3 is 0 Å². The lowest BCUT2D eigenvalue weighted by Gasteiger charge is -2.51. The molecular weight excluding hydrogens is 232 g/mol. The van der Waals surface area contributed by atoms with Crippen LogP contribution in [0.15, 0.2) is 24.3 Å². The molecule has 0 unspecified atom stereocenters. The predicted octanol–water partition coefficient (Wildman–Crippen LogP) is 3.77. The molecule has 0 aliphatic carbocycles. The quantitative estimate of drug-likeness (QED) is 0.700. The second kappa shape index (κ2) is 4.07. The van der Waals surface area contributed by atoms with E-state index in [9.17, 15) is 0 Å². The van der Waals surface area contributed by atoms with E-state index in [1.54, 1.807) is 0 Å². The molecule has 0 aromatic heterocycles. The van der Waals surface area contributed by atoms with Crippen LogP contribution in [-0.4, -0.2) is 29.6 Å². The summed E-state index contributed by atoms with van der Waals surface area (Å²) in [6.45, 7) is 13.9. The average molecular weight is 260 g/mol. The van der Waals surface area contributed by atoms with Crippen LogP contribution in [0.4, 0.5) is 0 Å². The molecule has 0 radical (unpaired) electrons. The summed E-state index contributed by atoms with van der Waals surface area (Å²) in [4.78, 5) is 4.96. The van der Waals surface area contributed by atoms with E-state index in [2.05, 4.69) is 89.7 Å². The van der Waals surface area contributed by atoms with Crippen molar-refractivity contribution < 1.29 is 0 Å². The van der Waals surface area contributed by atoms with Crippen LogP contribution in [0.5, 0.6) is 0 Å². The minimum absolute atomic E-state index is 0.00792. The molecule has 2 heteroatoms. The van der Waals surface area contributed by atoms with Crippen LogP contribution in [0.25, 0.3) is 0 Å². The zero-order chi connectivity index (χ0) is 14.6. The van der Waals surface area contributed by atoms with Crippen LogP contribution in [0.3, 0.4) is 0 Å². The number of rotatable bonds is 0. The molecule has 2 rings (SSSR count). The van der Waals surface area contributed by atoms with Gasteiger partial charge in [0.15, 0.2) is 0 Å². The zero-order valence-electron chi connectivity index (χ0n) is 13.7. The van der Waals surface area contributed by atoms with Gasteiger partial charge in [0.25, 0.3) is 0 Å². The minimum atomic E-state index is -0.00792. The highest BCUT2D eigenvalue weighted by Crippen LogP contribution is 2.46. The molecule has 1 aliphatic rings. The first-order chi connectivity index (χ1) is 8.54. The van der Waals surface area contributed by atoms with Crippen LogP contribution in [0.2, 0.25) is 0 Å². The van der Waals surface area contributed by atoms with Gasteiger partial charge in [0.1, 0.15) is 0 Å². The van der Waals surface area contributed by atoms with Crippen molar-refractivity contribution >= 4 is 0 Å². The van der Waals surface area contributed by atoms with Gasteiger partial charge in [-0.25, -0.2) is 0 Å². The first kappa shape index (κ1) is 14.5. The van der Waals surface area contributed by atoms with E-state index in [4.69, 9.17) is 0 Å². The maximum absolute atomic E-state index is 2.48. The van der Waals surface area contributed by atoms with Crippen molar-refractivity contribution in [3.8, 4) is 0 Å². The number of hydrogen-bond acceptors (Lipinski definition) is 2. The molecule has 1 heterocycles. The maximum atomic E-state index is 2.48. The summed E-state index contributed by atoms with van der Waals surface area (Å²) in [6.07, 6.45) is 0. The number of fused-ring (bicyclic) bond motifs is 1. The van der Waals surface area contributed by atoms with E-state index in [0.717, 1.165) is 0 Å². The van der Waals surface area contributed by atoms with Crippen LogP contribution in [0, 0.1) is 0 Å². The summed E-state index contributed by atoms with van der Waals surface area (Å²) in [5, 5.41) is 0. The van der Waals surface area contributed by atoms with Gasteiger partial charge in [-0.05, 0) is 66.8 Å². The topological polar surface area (TPSA) is 6.48 Å². The summed E-state index contributed by atoms with van der Waals surface area (Å²) in [5.74, 6) is 0. The summed E-state index contributed by atoms with van der Waals surface area (Å²) in [5.41, 5.74) is 2.89. The smallest absolute Gasteiger partial charge is 0.0688 e. The minimum Gasteiger partial charge on any atom is -0.279 e. The lowest BCUT2D eigenvalue weighted by atomic mass is 9.82. The van der Waals surface area contributed by atoms with Crippen molar-refractivity contribution in [1.29, 1.82) is 0 Å². The third kappa shape index (κ3) is 1.85. The Morgan fingerprint density at radius 2 is 1.00 bits per heavy atom. The molecule has 0 saturated carbocycles. The molecule has 0 fully saturated rings. The lowest BCUT2D eigenvalue weighted by Crippen LogP contribution is -2.60. The van der Waals surface area contributed by atoms with Crippen molar-refractivity contribution in [2.45, 2.75) is 58.3 Å². The van der Waals surface area contributed by atoms with Crippen molar-refractivity contribution in [2.24, 2.45) is 0 Å². The number of hydrogen-bond donors (Lipinski definition) is 0. The van der Waals surface area contributed by atoms with Gasteiger partial charge in [0.2, 0.25) is 0 Å². The van der Waals surface area contributed by atoms with Gasteiger partial charge in [-0.1, -0.05) is 24.3 Å². The van der Waals surface area contributed by atoms with Crippen molar-refractivity contribution in [1.82, 2.24) is 9.80 Å². The van der Waals surface area contributed by atoms with Crippen LogP contribution < -0.4 is 0 Å². The fourth-order valence-corrected chi connectivity index (χ4v) is 3.50. The Morgan fingerprint density at radius 1 is 0.684 bits per heavy atom. The predicted molar refractivity (Wildman–Crippen MR) is 82.1 cm³/mol. The Balaban J connectivity index is 2.79. The van der Waals surface area contributed by atoms with E-state index in [0.29, 0.717) is 0 Å². The van der Waals surface area contributed by atoms with E-state index in [-0.39, 0.29) is 16.7 Å². The second-order valence-corrected chi connectivity index (χ2v) is 7.28. The highest BCUT2D eigenvalue weighted by molar-refractivity contribution is 5.39. The number of benzene rings is 1. The molecule has 0 atom stereocenters. The van der Waals surface area contributed by atoms with Crippen LogP contribution in [-0.2, 0) is 11.1 Å². The van der Waals surface area contributed by atoms with E-state index < -0.39 is 0 Å². The molecule has 19 heavy (non-hydrogen) atoms. The van der Waals surface area contributed by atoms with E-state index >= 15 is 0 Å². The maximum Gasteiger partial charge on any atom is 0.0688 e. The van der Waals surface area contributed by atoms with Gasteiger partial charge in [-0.2, -0.15) is 0 Å². The first-order valence-corrected chi connectivity index (χ1v) is 7.12. The molecule has 0 spiro atoms. The van der Waals surface area contributed by atoms with Gasteiger partial charge in [-0.3, -0.25) is 9.80 Å². The standard InChI is InChI=1S/C17H28N2/c1-15(2)13-11-9-10-12-14(13)16(3,4)19(8)17(5,6)18(15)7/h9-12H,1-8H3. The largest absolute Gasteiger partial charge is 0.279 e. The monoisotopic (exact) mass is 260 g/mol. The molecule has 0 bridgehead atoms. The highest BCUT2D eigenvalue weighted by atomic mass is 15.4. The second-order valence-electron chi connectivity index (χ2n) is 7.28. The molecule has 0 amide bonds. The first-order valence-electron chi connectivity index (χ1n) is 7.12. The molecular formula is C17H28N2. The Labute approximate surface area is 118 Å². The Bertz CT molecular complexity index is 443. The van der Waals surface area contributed by atoms with Crippen molar-refractivity contribution in [2.75, 3.05) is 14.1 Å². The molecule has 1 aromatic rings. The summed E-state index contributed by atoms with van der Waals surface area (Å²) in [7, 11) is 4.46. The van der Waals surface area contributed by atoms with E-state index in [1.165, 1.54) is 11.1 Å². The Morgan fingerprint density at radius 3 is 1.32 bits per heavy atom.